The van der Waals surface area contributed by atoms with Crippen molar-refractivity contribution in [1.82, 2.24) is 0 Å². The Kier molecular flexibility index (Phi) is 5.33. The summed E-state index contributed by atoms with van der Waals surface area (Å²) < 4.78 is 49.0. The lowest BCUT2D eigenvalue weighted by molar-refractivity contribution is -0.137. The minimum Gasteiger partial charge on any atom is -0.207 e. The number of hydrogen-bond acceptors (Lipinski definition) is 0. The van der Waals surface area contributed by atoms with Crippen LogP contribution in [0.2, 0.25) is 0 Å². The maximum atomic E-state index is 12.6. The fraction of sp³-hybridized carbons (Fsp3) is 0.455. The van der Waals surface area contributed by atoms with E-state index >= 15 is 0 Å². The molecule has 0 bridgehead atoms. The maximum Gasteiger partial charge on any atom is 0.416 e. The van der Waals surface area contributed by atoms with E-state index in [-0.39, 0.29) is 0 Å². The summed E-state index contributed by atoms with van der Waals surface area (Å²) in [7, 11) is 0. The summed E-state index contributed by atoms with van der Waals surface area (Å²) >= 11 is 0. The van der Waals surface area contributed by atoms with E-state index in [1.165, 1.54) is 0 Å². The average Bonchev–Trinajstić information content (AvgIpc) is 2.18. The molecule has 0 atom stereocenters. The zero-order chi connectivity index (χ0) is 12.1. The second-order valence-corrected chi connectivity index (χ2v) is 2.70. The van der Waals surface area contributed by atoms with Gasteiger partial charge in [-0.2, -0.15) is 13.2 Å². The quantitative estimate of drug-likeness (QED) is 0.616. The monoisotopic (exact) mass is 222 g/mol. The van der Waals surface area contributed by atoms with Crippen LogP contribution < -0.4 is 0 Å². The Hall–Kier alpha value is -1.06. The Morgan fingerprint density at radius 3 is 2.00 bits per heavy atom. The minimum absolute atomic E-state index is 0.354. The van der Waals surface area contributed by atoms with Crippen molar-refractivity contribution in [2.24, 2.45) is 0 Å². The van der Waals surface area contributed by atoms with Crippen LogP contribution in [-0.4, -0.2) is 0 Å². The van der Waals surface area contributed by atoms with Crippen molar-refractivity contribution in [3.05, 3.63) is 35.1 Å². The van der Waals surface area contributed by atoms with Crippen molar-refractivity contribution in [3.8, 4) is 0 Å². The van der Waals surface area contributed by atoms with Crippen LogP contribution in [-0.2, 0) is 12.6 Å². The summed E-state index contributed by atoms with van der Waals surface area (Å²) in [6.45, 7) is 5.68. The molecular weight excluding hydrogens is 208 g/mol. The molecule has 0 spiro atoms. The number of hydrogen-bond donors (Lipinski definition) is 0. The molecule has 86 valence electrons. The summed E-state index contributed by atoms with van der Waals surface area (Å²) in [6, 6.07) is 2.57. The Labute approximate surface area is 86.9 Å². The van der Waals surface area contributed by atoms with Crippen LogP contribution in [0, 0.1) is 5.82 Å². The highest BCUT2D eigenvalue weighted by Crippen LogP contribution is 2.30. The van der Waals surface area contributed by atoms with E-state index in [9.17, 15) is 17.6 Å². The molecule has 0 unspecified atom stereocenters. The van der Waals surface area contributed by atoms with E-state index < -0.39 is 17.6 Å². The van der Waals surface area contributed by atoms with Crippen molar-refractivity contribution < 1.29 is 17.6 Å². The van der Waals surface area contributed by atoms with Crippen molar-refractivity contribution in [2.75, 3.05) is 0 Å². The first-order valence-electron chi connectivity index (χ1n) is 4.80. The third kappa shape index (κ3) is 4.32. The Morgan fingerprint density at radius 2 is 1.60 bits per heavy atom. The van der Waals surface area contributed by atoms with Gasteiger partial charge in [0.05, 0.1) is 5.56 Å². The highest BCUT2D eigenvalue weighted by Gasteiger charge is 2.31. The molecule has 1 aromatic rings. The molecule has 0 aliphatic rings. The molecule has 0 radical (unpaired) electrons. The van der Waals surface area contributed by atoms with Gasteiger partial charge in [-0.05, 0) is 30.2 Å². The zero-order valence-corrected chi connectivity index (χ0v) is 8.95. The van der Waals surface area contributed by atoms with Gasteiger partial charge < -0.3 is 0 Å². The van der Waals surface area contributed by atoms with Crippen LogP contribution in [0.15, 0.2) is 18.2 Å². The molecule has 0 aromatic heterocycles. The third-order valence-corrected chi connectivity index (χ3v) is 1.69. The van der Waals surface area contributed by atoms with Gasteiger partial charge in [0.1, 0.15) is 5.82 Å². The number of rotatable bonds is 1. The molecular formula is C11H14F4. The Balaban J connectivity index is 0.000000921. The van der Waals surface area contributed by atoms with Gasteiger partial charge in [-0.3, -0.25) is 0 Å². The predicted molar refractivity (Wildman–Crippen MR) is 52.1 cm³/mol. The van der Waals surface area contributed by atoms with Crippen LogP contribution in [0.1, 0.15) is 31.9 Å². The fourth-order valence-electron chi connectivity index (χ4n) is 1.02. The van der Waals surface area contributed by atoms with Gasteiger partial charge in [0.25, 0.3) is 0 Å². The highest BCUT2D eigenvalue weighted by molar-refractivity contribution is 5.26. The molecule has 0 fully saturated rings. The Bertz CT molecular complexity index is 302. The summed E-state index contributed by atoms with van der Waals surface area (Å²) in [6.07, 6.45) is -4.08. The normalized spacial score (nSPS) is 10.6. The van der Waals surface area contributed by atoms with Crippen molar-refractivity contribution in [3.63, 3.8) is 0 Å². The smallest absolute Gasteiger partial charge is 0.207 e. The molecule has 15 heavy (non-hydrogen) atoms. The molecule has 0 N–H and O–H groups in total. The van der Waals surface area contributed by atoms with Crippen LogP contribution in [0.4, 0.5) is 17.6 Å². The lowest BCUT2D eigenvalue weighted by Gasteiger charge is -2.08. The molecule has 0 aliphatic carbocycles. The van der Waals surface area contributed by atoms with Crippen molar-refractivity contribution in [1.29, 1.82) is 0 Å². The predicted octanol–water partition coefficient (Wildman–Crippen LogP) is 4.43. The van der Waals surface area contributed by atoms with Gasteiger partial charge in [-0.15, -0.1) is 0 Å². The van der Waals surface area contributed by atoms with Gasteiger partial charge in [-0.1, -0.05) is 20.8 Å². The van der Waals surface area contributed by atoms with E-state index in [1.807, 2.05) is 13.8 Å². The van der Waals surface area contributed by atoms with Crippen LogP contribution in [0.3, 0.4) is 0 Å². The van der Waals surface area contributed by atoms with Crippen LogP contribution >= 0.6 is 0 Å². The van der Waals surface area contributed by atoms with E-state index in [1.54, 1.807) is 6.92 Å². The SMILES string of the molecule is CC.CCc1cc(F)cc(C(F)(F)F)c1. The second-order valence-electron chi connectivity index (χ2n) is 2.70. The van der Waals surface area contributed by atoms with E-state index in [0.717, 1.165) is 12.1 Å². The van der Waals surface area contributed by atoms with Gasteiger partial charge >= 0.3 is 6.18 Å². The molecule has 0 aliphatic heterocycles. The van der Waals surface area contributed by atoms with Crippen LogP contribution in [0.5, 0.6) is 0 Å². The third-order valence-electron chi connectivity index (χ3n) is 1.69. The number of alkyl halides is 3. The number of benzene rings is 1. The van der Waals surface area contributed by atoms with Gasteiger partial charge in [-0.25, -0.2) is 4.39 Å². The molecule has 0 amide bonds. The minimum atomic E-state index is -4.47. The number of aryl methyl sites for hydroxylation is 1. The first kappa shape index (κ1) is 13.9. The molecule has 0 nitrogen and oxygen atoms in total. The lowest BCUT2D eigenvalue weighted by Crippen LogP contribution is -2.06. The average molecular weight is 222 g/mol. The molecule has 0 saturated carbocycles. The number of halogens is 4. The molecule has 0 saturated heterocycles. The van der Waals surface area contributed by atoms with E-state index in [0.29, 0.717) is 18.1 Å². The van der Waals surface area contributed by atoms with Crippen LogP contribution in [0.25, 0.3) is 0 Å². The molecule has 1 aromatic carbocycles. The summed E-state index contributed by atoms with van der Waals surface area (Å²) in [4.78, 5) is 0. The molecule has 4 heteroatoms. The maximum absolute atomic E-state index is 12.6. The van der Waals surface area contributed by atoms with E-state index in [4.69, 9.17) is 0 Å². The van der Waals surface area contributed by atoms with Gasteiger partial charge in [0, 0.05) is 0 Å². The molecule has 1 rings (SSSR count). The zero-order valence-electron chi connectivity index (χ0n) is 8.95. The summed E-state index contributed by atoms with van der Waals surface area (Å²) in [5.74, 6) is -0.841. The molecule has 0 heterocycles. The first-order chi connectivity index (χ1) is 6.93. The summed E-state index contributed by atoms with van der Waals surface area (Å²) in [5, 5.41) is 0. The fourth-order valence-corrected chi connectivity index (χ4v) is 1.02. The standard InChI is InChI=1S/C9H8F4.C2H6/c1-2-6-3-7(9(11,12)13)5-8(10)4-6;1-2/h3-5H,2H2,1H3;1-2H3. The largest absolute Gasteiger partial charge is 0.416 e. The van der Waals surface area contributed by atoms with Crippen molar-refractivity contribution in [2.45, 2.75) is 33.4 Å². The van der Waals surface area contributed by atoms with Gasteiger partial charge in [0.15, 0.2) is 0 Å². The Morgan fingerprint density at radius 1 is 1.07 bits per heavy atom. The summed E-state index contributed by atoms with van der Waals surface area (Å²) in [5.41, 5.74) is -0.573. The highest BCUT2D eigenvalue weighted by atomic mass is 19.4. The lowest BCUT2D eigenvalue weighted by atomic mass is 10.1. The van der Waals surface area contributed by atoms with Gasteiger partial charge in [0.2, 0.25) is 0 Å². The topological polar surface area (TPSA) is 0 Å². The van der Waals surface area contributed by atoms with E-state index in [2.05, 4.69) is 0 Å². The second kappa shape index (κ2) is 5.73. The first-order valence-corrected chi connectivity index (χ1v) is 4.80. The van der Waals surface area contributed by atoms with Crippen molar-refractivity contribution >= 4 is 0 Å².